The van der Waals surface area contributed by atoms with Gasteiger partial charge in [-0.3, -0.25) is 9.69 Å². The number of methoxy groups -OCH3 is 2. The van der Waals surface area contributed by atoms with Crippen LogP contribution in [0.4, 0.5) is 8.78 Å². The Morgan fingerprint density at radius 3 is 2.72 bits per heavy atom. The number of nitrogens with one attached hydrogen (secondary N) is 1. The van der Waals surface area contributed by atoms with Crippen molar-refractivity contribution in [3.05, 3.63) is 64.7 Å². The highest BCUT2D eigenvalue weighted by atomic mass is 19.1. The van der Waals surface area contributed by atoms with E-state index in [0.29, 0.717) is 26.2 Å². The fraction of sp³-hybridized carbons (Fsp3) is 0.458. The average molecular weight is 446 g/mol. The molecule has 2 aliphatic rings. The molecule has 2 aliphatic heterocycles. The molecule has 2 atom stereocenters. The van der Waals surface area contributed by atoms with E-state index >= 15 is 0 Å². The minimum atomic E-state index is -0.923. The molecule has 2 aromatic carbocycles. The van der Waals surface area contributed by atoms with E-state index in [4.69, 9.17) is 14.2 Å². The number of amides is 1. The highest BCUT2D eigenvalue weighted by Crippen LogP contribution is 2.40. The SMILES string of the molecule is COCc1ccc(OC)c(CN2C[C@@H](c3c(F)cccc3F)[C@@]3(COCCC(=O)N3)C2)c1. The summed E-state index contributed by atoms with van der Waals surface area (Å²) in [6.45, 7) is 2.19. The number of hydrogen-bond acceptors (Lipinski definition) is 5. The first-order valence-electron chi connectivity index (χ1n) is 10.7. The topological polar surface area (TPSA) is 60.0 Å². The van der Waals surface area contributed by atoms with E-state index in [0.717, 1.165) is 16.9 Å². The molecule has 8 heteroatoms. The van der Waals surface area contributed by atoms with Gasteiger partial charge in [-0.2, -0.15) is 0 Å². The second-order valence-electron chi connectivity index (χ2n) is 8.44. The van der Waals surface area contributed by atoms with Crippen LogP contribution in [0.3, 0.4) is 0 Å². The lowest BCUT2D eigenvalue weighted by atomic mass is 9.81. The number of carbonyl (C=O) groups is 1. The number of nitrogens with zero attached hydrogens (tertiary/aromatic N) is 1. The number of benzene rings is 2. The van der Waals surface area contributed by atoms with Gasteiger partial charge in [-0.15, -0.1) is 0 Å². The van der Waals surface area contributed by atoms with Crippen molar-refractivity contribution < 1.29 is 27.8 Å². The summed E-state index contributed by atoms with van der Waals surface area (Å²) in [5.74, 6) is -1.28. The molecule has 1 spiro atoms. The summed E-state index contributed by atoms with van der Waals surface area (Å²) in [7, 11) is 3.24. The van der Waals surface area contributed by atoms with Crippen molar-refractivity contribution in [1.82, 2.24) is 10.2 Å². The van der Waals surface area contributed by atoms with Gasteiger partial charge in [0.2, 0.25) is 5.91 Å². The van der Waals surface area contributed by atoms with Gasteiger partial charge >= 0.3 is 0 Å². The minimum absolute atomic E-state index is 0.0131. The van der Waals surface area contributed by atoms with Crippen molar-refractivity contribution >= 4 is 5.91 Å². The van der Waals surface area contributed by atoms with Crippen LogP contribution < -0.4 is 10.1 Å². The molecule has 32 heavy (non-hydrogen) atoms. The molecule has 172 valence electrons. The van der Waals surface area contributed by atoms with E-state index in [-0.39, 0.29) is 31.1 Å². The van der Waals surface area contributed by atoms with Crippen LogP contribution in [0.1, 0.15) is 29.0 Å². The molecule has 6 nitrogen and oxygen atoms in total. The van der Waals surface area contributed by atoms with E-state index < -0.39 is 23.1 Å². The van der Waals surface area contributed by atoms with Gasteiger partial charge in [0.05, 0.1) is 32.5 Å². The Morgan fingerprint density at radius 2 is 2.00 bits per heavy atom. The quantitative estimate of drug-likeness (QED) is 0.739. The van der Waals surface area contributed by atoms with Crippen LogP contribution in [-0.4, -0.2) is 56.9 Å². The summed E-state index contributed by atoms with van der Waals surface area (Å²) >= 11 is 0. The lowest BCUT2D eigenvalue weighted by Crippen LogP contribution is -2.55. The van der Waals surface area contributed by atoms with Gasteiger partial charge in [0.15, 0.2) is 0 Å². The first-order valence-corrected chi connectivity index (χ1v) is 10.7. The molecule has 0 aliphatic carbocycles. The molecule has 2 heterocycles. The van der Waals surface area contributed by atoms with Crippen LogP contribution in [0.2, 0.25) is 0 Å². The highest BCUT2D eigenvalue weighted by Gasteiger charge is 2.51. The van der Waals surface area contributed by atoms with Crippen molar-refractivity contribution in [2.24, 2.45) is 0 Å². The van der Waals surface area contributed by atoms with Crippen LogP contribution in [0, 0.1) is 11.6 Å². The summed E-state index contributed by atoms with van der Waals surface area (Å²) in [5, 5.41) is 3.04. The van der Waals surface area contributed by atoms with Crippen LogP contribution >= 0.6 is 0 Å². The lowest BCUT2D eigenvalue weighted by molar-refractivity contribution is -0.122. The fourth-order valence-electron chi connectivity index (χ4n) is 4.86. The summed E-state index contributed by atoms with van der Waals surface area (Å²) in [6.07, 6.45) is 0.223. The molecule has 0 saturated carbocycles. The zero-order valence-corrected chi connectivity index (χ0v) is 18.3. The van der Waals surface area contributed by atoms with E-state index in [1.165, 1.54) is 18.2 Å². The molecular formula is C24H28F2N2O4. The molecule has 0 bridgehead atoms. The van der Waals surface area contributed by atoms with Crippen LogP contribution in [-0.2, 0) is 27.4 Å². The summed E-state index contributed by atoms with van der Waals surface area (Å²) in [6, 6.07) is 9.70. The van der Waals surface area contributed by atoms with E-state index in [1.807, 2.05) is 18.2 Å². The summed E-state index contributed by atoms with van der Waals surface area (Å²) in [5.41, 5.74) is 1.00. The van der Waals surface area contributed by atoms with Crippen LogP contribution in [0.25, 0.3) is 0 Å². The maximum absolute atomic E-state index is 14.8. The Morgan fingerprint density at radius 1 is 1.22 bits per heavy atom. The normalized spacial score (nSPS) is 23.9. The number of likely N-dealkylation sites (tertiary alicyclic amines) is 1. The predicted molar refractivity (Wildman–Crippen MR) is 114 cm³/mol. The monoisotopic (exact) mass is 446 g/mol. The van der Waals surface area contributed by atoms with E-state index in [1.54, 1.807) is 14.2 Å². The molecule has 2 saturated heterocycles. The summed E-state index contributed by atoms with van der Waals surface area (Å²) < 4.78 is 46.1. The van der Waals surface area contributed by atoms with Gasteiger partial charge in [0.25, 0.3) is 0 Å². The van der Waals surface area contributed by atoms with Crippen molar-refractivity contribution in [1.29, 1.82) is 0 Å². The van der Waals surface area contributed by atoms with Crippen molar-refractivity contribution in [2.45, 2.75) is 31.0 Å². The average Bonchev–Trinajstić information content (AvgIpc) is 2.96. The van der Waals surface area contributed by atoms with E-state index in [2.05, 4.69) is 10.2 Å². The Kier molecular flexibility index (Phi) is 6.74. The maximum atomic E-state index is 14.8. The number of carbonyl (C=O) groups excluding carboxylic acids is 1. The number of ether oxygens (including phenoxy) is 3. The molecule has 1 amide bonds. The predicted octanol–water partition coefficient (Wildman–Crippen LogP) is 2.99. The van der Waals surface area contributed by atoms with Crippen molar-refractivity contribution in [2.75, 3.05) is 40.5 Å². The van der Waals surface area contributed by atoms with Gasteiger partial charge in [-0.1, -0.05) is 12.1 Å². The van der Waals surface area contributed by atoms with E-state index in [9.17, 15) is 13.6 Å². The standard InChI is InChI=1S/C24H28F2N2O4/c1-30-13-16-6-7-21(31-2)17(10-16)11-28-12-18(23-19(25)4-3-5-20(23)26)24(14-28)15-32-9-8-22(29)27-24/h3-7,10,18H,8-9,11-15H2,1-2H3,(H,27,29)/t18-,24-/m0/s1. The van der Waals surface area contributed by atoms with Crippen LogP contribution in [0.15, 0.2) is 36.4 Å². The van der Waals surface area contributed by atoms with Gasteiger partial charge in [0, 0.05) is 50.2 Å². The van der Waals surface area contributed by atoms with Crippen molar-refractivity contribution in [3.8, 4) is 5.75 Å². The molecule has 0 radical (unpaired) electrons. The second kappa shape index (κ2) is 9.52. The molecular weight excluding hydrogens is 418 g/mol. The number of hydrogen-bond donors (Lipinski definition) is 1. The fourth-order valence-corrected chi connectivity index (χ4v) is 4.86. The van der Waals surface area contributed by atoms with Gasteiger partial charge in [0.1, 0.15) is 17.4 Å². The second-order valence-corrected chi connectivity index (χ2v) is 8.44. The van der Waals surface area contributed by atoms with Crippen molar-refractivity contribution in [3.63, 3.8) is 0 Å². The third kappa shape index (κ3) is 4.48. The highest BCUT2D eigenvalue weighted by molar-refractivity contribution is 5.77. The Hall–Kier alpha value is -2.55. The largest absolute Gasteiger partial charge is 0.496 e. The Bertz CT molecular complexity index is 966. The molecule has 2 aromatic rings. The first-order chi connectivity index (χ1) is 15.5. The summed E-state index contributed by atoms with van der Waals surface area (Å²) in [4.78, 5) is 14.5. The third-order valence-electron chi connectivity index (χ3n) is 6.23. The zero-order chi connectivity index (χ0) is 22.7. The van der Waals surface area contributed by atoms with Gasteiger partial charge < -0.3 is 19.5 Å². The zero-order valence-electron chi connectivity index (χ0n) is 18.3. The molecule has 0 aromatic heterocycles. The van der Waals surface area contributed by atoms with Crippen LogP contribution in [0.5, 0.6) is 5.75 Å². The third-order valence-corrected chi connectivity index (χ3v) is 6.23. The Labute approximate surface area is 186 Å². The van der Waals surface area contributed by atoms with Gasteiger partial charge in [-0.25, -0.2) is 8.78 Å². The molecule has 4 rings (SSSR count). The smallest absolute Gasteiger partial charge is 0.222 e. The Balaban J connectivity index is 1.69. The van der Waals surface area contributed by atoms with Gasteiger partial charge in [-0.05, 0) is 29.8 Å². The molecule has 2 fully saturated rings. The molecule has 1 N–H and O–H groups in total. The number of rotatable bonds is 6. The maximum Gasteiger partial charge on any atom is 0.222 e. The number of halogens is 2. The minimum Gasteiger partial charge on any atom is -0.496 e. The first kappa shape index (κ1) is 22.6. The molecule has 0 unspecified atom stereocenters. The lowest BCUT2D eigenvalue weighted by Gasteiger charge is -2.34.